The maximum absolute atomic E-state index is 11.9. The summed E-state index contributed by atoms with van der Waals surface area (Å²) in [6.45, 7) is 0. The molecule has 0 amide bonds. The summed E-state index contributed by atoms with van der Waals surface area (Å²) in [6.07, 6.45) is 1.26. The van der Waals surface area contributed by atoms with Crippen LogP contribution in [0, 0.1) is 5.95 Å². The smallest absolute Gasteiger partial charge is 0.214 e. The number of rotatable bonds is 0. The van der Waals surface area contributed by atoms with Crippen molar-refractivity contribution in [1.82, 2.24) is 10.7 Å². The maximum Gasteiger partial charge on any atom is 0.214 e. The predicted octanol–water partition coefficient (Wildman–Crippen LogP) is 1.14. The third-order valence-electron chi connectivity index (χ3n) is 0.727. The quantitative estimate of drug-likeness (QED) is 0.462. The molecule has 1 radical (unpaired) electrons. The third kappa shape index (κ3) is 0.932. The molecule has 0 aliphatic heterocycles. The van der Waals surface area contributed by atoms with Crippen LogP contribution < -0.4 is 5.73 Å². The number of hydrogen-bond acceptors (Lipinski definition) is 1. The van der Waals surface area contributed by atoms with Gasteiger partial charge in [0, 0.05) is 12.3 Å². The minimum absolute atomic E-state index is 0.150. The summed E-state index contributed by atoms with van der Waals surface area (Å²) in [5, 5.41) is 0. The molecular weight excluding hydrogens is 107 g/mol. The van der Waals surface area contributed by atoms with Gasteiger partial charge in [-0.3, -0.25) is 0 Å². The van der Waals surface area contributed by atoms with Crippen LogP contribution in [-0.2, 0) is 0 Å². The van der Waals surface area contributed by atoms with Crippen LogP contribution >= 0.6 is 0 Å². The van der Waals surface area contributed by atoms with Crippen LogP contribution in [0.1, 0.15) is 0 Å². The zero-order valence-corrected chi connectivity index (χ0v) is 4.06. The van der Waals surface area contributed by atoms with E-state index in [9.17, 15) is 4.39 Å². The van der Waals surface area contributed by atoms with Crippen molar-refractivity contribution in [3.05, 3.63) is 24.3 Å². The predicted molar refractivity (Wildman–Crippen MR) is 27.0 cm³/mol. The lowest BCUT2D eigenvalue weighted by atomic mass is 10.4. The van der Waals surface area contributed by atoms with Crippen LogP contribution in [0.2, 0.25) is 0 Å². The molecule has 2 nitrogen and oxygen atoms in total. The van der Waals surface area contributed by atoms with E-state index >= 15 is 0 Å². The lowest BCUT2D eigenvalue weighted by Crippen LogP contribution is -1.78. The van der Waals surface area contributed by atoms with Crippen molar-refractivity contribution in [3.63, 3.8) is 0 Å². The summed E-state index contributed by atoms with van der Waals surface area (Å²) >= 11 is 0. The van der Waals surface area contributed by atoms with Gasteiger partial charge in [0.25, 0.3) is 0 Å². The first kappa shape index (κ1) is 5.03. The molecule has 0 unspecified atom stereocenters. The third-order valence-corrected chi connectivity index (χ3v) is 0.727. The van der Waals surface area contributed by atoms with Crippen molar-refractivity contribution in [2.75, 3.05) is 0 Å². The molecule has 3 heteroatoms. The molecule has 1 N–H and O–H groups in total. The molecule has 0 saturated carbocycles. The Hall–Kier alpha value is -1.12. The van der Waals surface area contributed by atoms with E-state index in [-0.39, 0.29) is 5.69 Å². The highest BCUT2D eigenvalue weighted by Crippen LogP contribution is 2.01. The molecule has 1 rings (SSSR count). The summed E-state index contributed by atoms with van der Waals surface area (Å²) in [5.41, 5.74) is 7.01. The molecule has 0 saturated heterocycles. The normalized spacial score (nSPS) is 9.12. The Bertz CT molecular complexity index is 170. The molecule has 0 atom stereocenters. The van der Waals surface area contributed by atoms with Gasteiger partial charge in [0.15, 0.2) is 0 Å². The van der Waals surface area contributed by atoms with E-state index in [1.54, 1.807) is 0 Å². The molecule has 0 aromatic carbocycles. The highest BCUT2D eigenvalue weighted by molar-refractivity contribution is 5.29. The van der Waals surface area contributed by atoms with Gasteiger partial charge in [0.2, 0.25) is 5.95 Å². The van der Waals surface area contributed by atoms with E-state index in [0.29, 0.717) is 0 Å². The van der Waals surface area contributed by atoms with E-state index in [1.165, 1.54) is 12.3 Å². The van der Waals surface area contributed by atoms with Gasteiger partial charge in [0.05, 0.1) is 5.69 Å². The second kappa shape index (κ2) is 1.78. The van der Waals surface area contributed by atoms with E-state index in [0.717, 1.165) is 6.07 Å². The molecule has 1 heterocycles. The highest BCUT2D eigenvalue weighted by Gasteiger charge is 1.87. The fraction of sp³-hybridized carbons (Fsp3) is 0. The van der Waals surface area contributed by atoms with Gasteiger partial charge < -0.3 is 5.73 Å². The lowest BCUT2D eigenvalue weighted by molar-refractivity contribution is 0.584. The minimum atomic E-state index is -0.600. The minimum Gasteiger partial charge on any atom is -0.301 e. The van der Waals surface area contributed by atoms with Crippen LogP contribution in [0.25, 0.3) is 0 Å². The summed E-state index contributed by atoms with van der Waals surface area (Å²) in [7, 11) is 0. The highest BCUT2D eigenvalue weighted by atomic mass is 19.1. The molecule has 1 aromatic heterocycles. The van der Waals surface area contributed by atoms with Gasteiger partial charge in [-0.1, -0.05) is 0 Å². The van der Waals surface area contributed by atoms with Crippen molar-refractivity contribution in [2.45, 2.75) is 0 Å². The van der Waals surface area contributed by atoms with Crippen LogP contribution in [0.5, 0.6) is 0 Å². The number of halogens is 1. The Morgan fingerprint density at radius 2 is 2.38 bits per heavy atom. The Balaban J connectivity index is 3.08. The SMILES string of the molecule is [NH]c1ccnc(F)c1. The van der Waals surface area contributed by atoms with Gasteiger partial charge in [-0.05, 0) is 6.07 Å². The number of nitrogens with one attached hydrogen (secondary N) is 1. The maximum atomic E-state index is 11.9. The Morgan fingerprint density at radius 1 is 1.62 bits per heavy atom. The zero-order valence-electron chi connectivity index (χ0n) is 4.06. The Kier molecular flexibility index (Phi) is 1.12. The molecule has 0 bridgehead atoms. The Labute approximate surface area is 46.2 Å². The summed E-state index contributed by atoms with van der Waals surface area (Å²) in [5.74, 6) is -0.600. The fourth-order valence-corrected chi connectivity index (χ4v) is 0.402. The van der Waals surface area contributed by atoms with Crippen LogP contribution in [0.15, 0.2) is 18.3 Å². The monoisotopic (exact) mass is 111 g/mol. The van der Waals surface area contributed by atoms with Gasteiger partial charge in [-0.25, -0.2) is 4.98 Å². The van der Waals surface area contributed by atoms with Crippen molar-refractivity contribution in [1.29, 1.82) is 0 Å². The second-order valence-corrected chi connectivity index (χ2v) is 1.37. The largest absolute Gasteiger partial charge is 0.301 e. The van der Waals surface area contributed by atoms with Crippen LogP contribution in [-0.4, -0.2) is 4.98 Å². The molecule has 0 aliphatic carbocycles. The second-order valence-electron chi connectivity index (χ2n) is 1.37. The van der Waals surface area contributed by atoms with Gasteiger partial charge in [-0.2, -0.15) is 4.39 Å². The summed E-state index contributed by atoms with van der Waals surface area (Å²) < 4.78 is 11.9. The molecule has 8 heavy (non-hydrogen) atoms. The Morgan fingerprint density at radius 3 is 2.75 bits per heavy atom. The van der Waals surface area contributed by atoms with Crippen molar-refractivity contribution in [3.8, 4) is 0 Å². The first-order chi connectivity index (χ1) is 3.79. The standard InChI is InChI=1S/C5H4FN2/c6-5-3-4(7)1-2-8-5/h1-3,7H. The molecule has 0 spiro atoms. The van der Waals surface area contributed by atoms with Gasteiger partial charge in [-0.15, -0.1) is 0 Å². The zero-order chi connectivity index (χ0) is 5.98. The number of aromatic nitrogens is 1. The van der Waals surface area contributed by atoms with E-state index < -0.39 is 5.95 Å². The first-order valence-electron chi connectivity index (χ1n) is 2.12. The average molecular weight is 111 g/mol. The van der Waals surface area contributed by atoms with Crippen LogP contribution in [0.4, 0.5) is 10.1 Å². The molecule has 0 fully saturated rings. The van der Waals surface area contributed by atoms with Crippen molar-refractivity contribution < 1.29 is 4.39 Å². The lowest BCUT2D eigenvalue weighted by Gasteiger charge is -1.85. The molecular formula is C5H4FN2. The first-order valence-corrected chi connectivity index (χ1v) is 2.12. The van der Waals surface area contributed by atoms with E-state index in [4.69, 9.17) is 5.73 Å². The number of hydrogen-bond donors (Lipinski definition) is 0. The van der Waals surface area contributed by atoms with E-state index in [1.807, 2.05) is 0 Å². The summed E-state index contributed by atoms with van der Waals surface area (Å²) in [4.78, 5) is 3.25. The van der Waals surface area contributed by atoms with Crippen LogP contribution in [0.3, 0.4) is 0 Å². The van der Waals surface area contributed by atoms with Gasteiger partial charge in [0.1, 0.15) is 0 Å². The van der Waals surface area contributed by atoms with Gasteiger partial charge >= 0.3 is 0 Å². The summed E-state index contributed by atoms with van der Waals surface area (Å²) in [6, 6.07) is 2.48. The van der Waals surface area contributed by atoms with Crippen molar-refractivity contribution in [2.24, 2.45) is 0 Å². The molecule has 41 valence electrons. The van der Waals surface area contributed by atoms with E-state index in [2.05, 4.69) is 4.98 Å². The average Bonchev–Trinajstić information content (AvgIpc) is 1.64. The van der Waals surface area contributed by atoms with Crippen molar-refractivity contribution >= 4 is 5.69 Å². The molecule has 1 aromatic rings. The number of nitrogens with zero attached hydrogens (tertiary/aromatic N) is 1. The fourth-order valence-electron chi connectivity index (χ4n) is 0.402. The number of pyridine rings is 1. The topological polar surface area (TPSA) is 36.7 Å². The molecule has 0 aliphatic rings.